The second kappa shape index (κ2) is 8.99. The number of hydrogen-bond acceptors (Lipinski definition) is 4. The van der Waals surface area contributed by atoms with Crippen molar-refractivity contribution in [3.05, 3.63) is 75.6 Å². The highest BCUT2D eigenvalue weighted by Crippen LogP contribution is 2.36. The van der Waals surface area contributed by atoms with Crippen LogP contribution in [0.15, 0.2) is 52.9 Å². The van der Waals surface area contributed by atoms with E-state index in [9.17, 15) is 27.9 Å². The van der Waals surface area contributed by atoms with Crippen LogP contribution in [0.2, 0.25) is 10.0 Å². The van der Waals surface area contributed by atoms with Crippen LogP contribution in [0.1, 0.15) is 34.3 Å². The van der Waals surface area contributed by atoms with Crippen molar-refractivity contribution in [2.75, 3.05) is 0 Å². The van der Waals surface area contributed by atoms with Gasteiger partial charge in [-0.15, -0.1) is 0 Å². The summed E-state index contributed by atoms with van der Waals surface area (Å²) in [5, 5.41) is 11.5. The fourth-order valence-electron chi connectivity index (χ4n) is 2.80. The molecule has 0 aliphatic rings. The Balaban J connectivity index is 2.01. The lowest BCUT2D eigenvalue weighted by atomic mass is 10.0. The lowest BCUT2D eigenvalue weighted by Gasteiger charge is -2.19. The normalized spacial score (nSPS) is 12.4. The number of halogens is 5. The minimum absolute atomic E-state index is 0.0307. The standard InChI is InChI=1S/C20H13Cl2F3N2O4/c21-12-8-4-7-11(15(12)22)13(9-14(28)29)26-18(30)16-17(20(23,24)25)31-19(27-16)10-5-2-1-3-6-10/h1-8,13H,9H2,(H,26,30)(H,28,29)/t13-/m0/s1. The van der Waals surface area contributed by atoms with Crippen LogP contribution in [0.4, 0.5) is 13.2 Å². The van der Waals surface area contributed by atoms with E-state index < -0.39 is 47.9 Å². The zero-order chi connectivity index (χ0) is 22.8. The van der Waals surface area contributed by atoms with E-state index in [1.165, 1.54) is 30.3 Å². The van der Waals surface area contributed by atoms with Gasteiger partial charge in [-0.25, -0.2) is 4.98 Å². The molecule has 0 fully saturated rings. The average molecular weight is 473 g/mol. The number of carboxylic acids is 1. The monoisotopic (exact) mass is 472 g/mol. The first-order chi connectivity index (χ1) is 14.6. The number of carbonyl (C=O) groups is 2. The van der Waals surface area contributed by atoms with Crippen LogP contribution in [0, 0.1) is 0 Å². The largest absolute Gasteiger partial charge is 0.481 e. The Hall–Kier alpha value is -3.04. The number of rotatable bonds is 6. The molecule has 6 nitrogen and oxygen atoms in total. The molecule has 31 heavy (non-hydrogen) atoms. The molecule has 0 unspecified atom stereocenters. The Morgan fingerprint density at radius 1 is 1.10 bits per heavy atom. The molecule has 1 heterocycles. The molecule has 0 aliphatic carbocycles. The second-order valence-electron chi connectivity index (χ2n) is 6.33. The number of nitrogens with zero attached hydrogens (tertiary/aromatic N) is 1. The molecule has 0 bridgehead atoms. The number of aromatic nitrogens is 1. The fraction of sp³-hybridized carbons (Fsp3) is 0.150. The molecule has 3 rings (SSSR count). The van der Waals surface area contributed by atoms with Gasteiger partial charge in [-0.05, 0) is 23.8 Å². The highest BCUT2D eigenvalue weighted by atomic mass is 35.5. The van der Waals surface area contributed by atoms with Crippen molar-refractivity contribution in [1.82, 2.24) is 10.3 Å². The van der Waals surface area contributed by atoms with Gasteiger partial charge in [-0.1, -0.05) is 53.5 Å². The third-order valence-electron chi connectivity index (χ3n) is 4.16. The van der Waals surface area contributed by atoms with Crippen LogP contribution in [0.25, 0.3) is 11.5 Å². The van der Waals surface area contributed by atoms with E-state index in [0.717, 1.165) is 0 Å². The summed E-state index contributed by atoms with van der Waals surface area (Å²) in [6.07, 6.45) is -5.67. The molecule has 11 heteroatoms. The number of carboxylic acid groups (broad SMARTS) is 1. The molecule has 0 aliphatic heterocycles. The van der Waals surface area contributed by atoms with Gasteiger partial charge in [0.25, 0.3) is 5.91 Å². The third kappa shape index (κ3) is 5.18. The molecule has 1 atom stereocenters. The summed E-state index contributed by atoms with van der Waals surface area (Å²) in [5.41, 5.74) is -0.669. The number of nitrogens with one attached hydrogen (secondary N) is 1. The topological polar surface area (TPSA) is 92.4 Å². The Kier molecular flexibility index (Phi) is 6.56. The Morgan fingerprint density at radius 3 is 2.39 bits per heavy atom. The van der Waals surface area contributed by atoms with Crippen molar-refractivity contribution in [1.29, 1.82) is 0 Å². The molecule has 0 saturated heterocycles. The lowest BCUT2D eigenvalue weighted by Crippen LogP contribution is -2.32. The number of carbonyl (C=O) groups excluding carboxylic acids is 1. The van der Waals surface area contributed by atoms with E-state index in [1.54, 1.807) is 18.2 Å². The predicted molar refractivity (Wildman–Crippen MR) is 106 cm³/mol. The van der Waals surface area contributed by atoms with Crippen LogP contribution in [-0.4, -0.2) is 22.0 Å². The maximum Gasteiger partial charge on any atom is 0.452 e. The van der Waals surface area contributed by atoms with Crippen molar-refractivity contribution < 1.29 is 32.3 Å². The van der Waals surface area contributed by atoms with Crippen molar-refractivity contribution in [2.45, 2.75) is 18.6 Å². The highest BCUT2D eigenvalue weighted by Gasteiger charge is 2.42. The van der Waals surface area contributed by atoms with E-state index >= 15 is 0 Å². The number of hydrogen-bond donors (Lipinski definition) is 2. The minimum Gasteiger partial charge on any atom is -0.481 e. The van der Waals surface area contributed by atoms with Crippen molar-refractivity contribution in [2.24, 2.45) is 0 Å². The van der Waals surface area contributed by atoms with Crippen molar-refractivity contribution in [3.8, 4) is 11.5 Å². The van der Waals surface area contributed by atoms with Crippen molar-refractivity contribution in [3.63, 3.8) is 0 Å². The minimum atomic E-state index is -5.01. The summed E-state index contributed by atoms with van der Waals surface area (Å²) < 4.78 is 45.3. The summed E-state index contributed by atoms with van der Waals surface area (Å²) in [6, 6.07) is 10.8. The molecular formula is C20H13Cl2F3N2O4. The molecule has 0 radical (unpaired) electrons. The van der Waals surface area contributed by atoms with Gasteiger partial charge >= 0.3 is 12.1 Å². The zero-order valence-corrected chi connectivity index (χ0v) is 16.9. The number of oxazole rings is 1. The predicted octanol–water partition coefficient (Wildman–Crippen LogP) is 5.61. The first-order valence-corrected chi connectivity index (χ1v) is 9.43. The Morgan fingerprint density at radius 2 is 1.77 bits per heavy atom. The number of alkyl halides is 3. The molecule has 1 aromatic heterocycles. The van der Waals surface area contributed by atoms with E-state index in [0.29, 0.717) is 0 Å². The molecule has 0 saturated carbocycles. The maximum absolute atomic E-state index is 13.5. The van der Waals surface area contributed by atoms with E-state index in [4.69, 9.17) is 27.6 Å². The first kappa shape index (κ1) is 22.6. The van der Waals surface area contributed by atoms with Crippen LogP contribution >= 0.6 is 23.2 Å². The van der Waals surface area contributed by atoms with Crippen LogP contribution in [0.3, 0.4) is 0 Å². The van der Waals surface area contributed by atoms with Gasteiger partial charge in [0.05, 0.1) is 22.5 Å². The van der Waals surface area contributed by atoms with Gasteiger partial charge < -0.3 is 14.8 Å². The first-order valence-electron chi connectivity index (χ1n) is 8.68. The van der Waals surface area contributed by atoms with Gasteiger partial charge in [0.2, 0.25) is 11.7 Å². The average Bonchev–Trinajstić information content (AvgIpc) is 3.16. The molecule has 162 valence electrons. The molecule has 2 aromatic carbocycles. The van der Waals surface area contributed by atoms with E-state index in [-0.39, 0.29) is 21.2 Å². The van der Waals surface area contributed by atoms with Gasteiger partial charge in [-0.3, -0.25) is 9.59 Å². The van der Waals surface area contributed by atoms with Gasteiger partial charge in [0.1, 0.15) is 0 Å². The summed E-state index contributed by atoms with van der Waals surface area (Å²) in [4.78, 5) is 27.7. The summed E-state index contributed by atoms with van der Waals surface area (Å²) in [7, 11) is 0. The number of aliphatic carboxylic acids is 1. The molecule has 2 N–H and O–H groups in total. The second-order valence-corrected chi connectivity index (χ2v) is 7.11. The quantitative estimate of drug-likeness (QED) is 0.486. The smallest absolute Gasteiger partial charge is 0.452 e. The fourth-order valence-corrected chi connectivity index (χ4v) is 3.24. The van der Waals surface area contributed by atoms with Gasteiger partial charge in [0, 0.05) is 5.56 Å². The molecule has 0 spiro atoms. The lowest BCUT2D eigenvalue weighted by molar-refractivity contribution is -0.153. The third-order valence-corrected chi connectivity index (χ3v) is 4.99. The van der Waals surface area contributed by atoms with Crippen LogP contribution in [-0.2, 0) is 11.0 Å². The van der Waals surface area contributed by atoms with Crippen LogP contribution < -0.4 is 5.32 Å². The zero-order valence-electron chi connectivity index (χ0n) is 15.4. The van der Waals surface area contributed by atoms with Crippen LogP contribution in [0.5, 0.6) is 0 Å². The summed E-state index contributed by atoms with van der Waals surface area (Å²) in [5.74, 6) is -4.60. The summed E-state index contributed by atoms with van der Waals surface area (Å²) in [6.45, 7) is 0. The summed E-state index contributed by atoms with van der Waals surface area (Å²) >= 11 is 12.0. The number of benzene rings is 2. The van der Waals surface area contributed by atoms with E-state index in [1.807, 2.05) is 0 Å². The molecule has 3 aromatic rings. The molecular weight excluding hydrogens is 460 g/mol. The Bertz CT molecular complexity index is 1120. The highest BCUT2D eigenvalue weighted by molar-refractivity contribution is 6.42. The SMILES string of the molecule is O=C(O)C[C@H](NC(=O)c1nc(-c2ccccc2)oc1C(F)(F)F)c1cccc(Cl)c1Cl. The van der Waals surface area contributed by atoms with Gasteiger partial charge in [0.15, 0.2) is 5.69 Å². The number of amides is 1. The molecule has 1 amide bonds. The van der Waals surface area contributed by atoms with E-state index in [2.05, 4.69) is 10.3 Å². The maximum atomic E-state index is 13.5. The van der Waals surface area contributed by atoms with Gasteiger partial charge in [-0.2, -0.15) is 13.2 Å². The Labute approximate surface area is 183 Å². The van der Waals surface area contributed by atoms with Crippen molar-refractivity contribution >= 4 is 35.1 Å².